The van der Waals surface area contributed by atoms with Gasteiger partial charge in [-0.25, -0.2) is 0 Å². The Morgan fingerprint density at radius 1 is 1.22 bits per heavy atom. The van der Waals surface area contributed by atoms with E-state index in [2.05, 4.69) is 4.90 Å². The number of rotatable bonds is 4. The SMILES string of the molecule is CN(Cc1ccc(Cl)s1)c1c(Cl)cccc1CN. The molecule has 18 heavy (non-hydrogen) atoms. The van der Waals surface area contributed by atoms with Crippen molar-refractivity contribution in [2.45, 2.75) is 13.1 Å². The lowest BCUT2D eigenvalue weighted by molar-refractivity contribution is 0.918. The van der Waals surface area contributed by atoms with E-state index in [9.17, 15) is 0 Å². The smallest absolute Gasteiger partial charge is 0.0931 e. The average molecular weight is 301 g/mol. The molecule has 1 aromatic heterocycles. The Kier molecular flexibility index (Phi) is 4.51. The van der Waals surface area contributed by atoms with Crippen LogP contribution in [0.4, 0.5) is 5.69 Å². The molecule has 0 fully saturated rings. The Balaban J connectivity index is 2.25. The van der Waals surface area contributed by atoms with E-state index in [1.807, 2.05) is 37.4 Å². The van der Waals surface area contributed by atoms with E-state index < -0.39 is 0 Å². The molecule has 0 unspecified atom stereocenters. The molecule has 0 saturated carbocycles. The first-order valence-corrected chi connectivity index (χ1v) is 7.12. The van der Waals surface area contributed by atoms with Crippen molar-refractivity contribution in [3.63, 3.8) is 0 Å². The van der Waals surface area contributed by atoms with Crippen molar-refractivity contribution >= 4 is 40.2 Å². The summed E-state index contributed by atoms with van der Waals surface area (Å²) in [4.78, 5) is 3.30. The van der Waals surface area contributed by atoms with E-state index >= 15 is 0 Å². The first-order valence-electron chi connectivity index (χ1n) is 5.54. The molecule has 0 amide bonds. The third-order valence-corrected chi connectivity index (χ3v) is 4.21. The molecule has 1 aromatic carbocycles. The number of anilines is 1. The minimum atomic E-state index is 0.478. The molecule has 2 aromatic rings. The van der Waals surface area contributed by atoms with Crippen molar-refractivity contribution in [1.82, 2.24) is 0 Å². The number of halogens is 2. The van der Waals surface area contributed by atoms with Gasteiger partial charge >= 0.3 is 0 Å². The summed E-state index contributed by atoms with van der Waals surface area (Å²) in [5.41, 5.74) is 7.79. The maximum absolute atomic E-state index is 6.25. The summed E-state index contributed by atoms with van der Waals surface area (Å²) in [6.45, 7) is 1.25. The zero-order valence-corrected chi connectivity index (χ0v) is 12.3. The molecule has 0 saturated heterocycles. The van der Waals surface area contributed by atoms with Gasteiger partial charge < -0.3 is 10.6 Å². The van der Waals surface area contributed by atoms with E-state index in [1.165, 1.54) is 4.88 Å². The quantitative estimate of drug-likeness (QED) is 0.919. The van der Waals surface area contributed by atoms with E-state index in [-0.39, 0.29) is 0 Å². The Bertz CT molecular complexity index is 540. The van der Waals surface area contributed by atoms with Crippen LogP contribution in [-0.2, 0) is 13.1 Å². The molecule has 0 atom stereocenters. The van der Waals surface area contributed by atoms with Crippen LogP contribution in [0, 0.1) is 0 Å². The molecular weight excluding hydrogens is 287 g/mol. The Labute approximate surface area is 121 Å². The van der Waals surface area contributed by atoms with Crippen LogP contribution in [0.25, 0.3) is 0 Å². The fourth-order valence-corrected chi connectivity index (χ4v) is 3.38. The maximum Gasteiger partial charge on any atom is 0.0931 e. The summed E-state index contributed by atoms with van der Waals surface area (Å²) in [6, 6.07) is 9.74. The molecule has 0 bridgehead atoms. The molecule has 5 heteroatoms. The molecule has 1 heterocycles. The van der Waals surface area contributed by atoms with E-state index in [1.54, 1.807) is 11.3 Å². The first-order chi connectivity index (χ1) is 8.61. The van der Waals surface area contributed by atoms with Gasteiger partial charge in [0.05, 0.1) is 21.6 Å². The second-order valence-electron chi connectivity index (χ2n) is 4.01. The van der Waals surface area contributed by atoms with Gasteiger partial charge in [-0.3, -0.25) is 0 Å². The van der Waals surface area contributed by atoms with Crippen LogP contribution in [0.1, 0.15) is 10.4 Å². The molecule has 96 valence electrons. The lowest BCUT2D eigenvalue weighted by atomic mass is 10.1. The van der Waals surface area contributed by atoms with Crippen LogP contribution < -0.4 is 10.6 Å². The highest BCUT2D eigenvalue weighted by Gasteiger charge is 2.12. The molecule has 0 aliphatic heterocycles. The third-order valence-electron chi connectivity index (χ3n) is 2.69. The van der Waals surface area contributed by atoms with Gasteiger partial charge in [-0.05, 0) is 23.8 Å². The fraction of sp³-hybridized carbons (Fsp3) is 0.231. The summed E-state index contributed by atoms with van der Waals surface area (Å²) in [5, 5.41) is 0.725. The molecule has 0 radical (unpaired) electrons. The second kappa shape index (κ2) is 5.93. The Morgan fingerprint density at radius 3 is 2.61 bits per heavy atom. The van der Waals surface area contributed by atoms with E-state index in [0.29, 0.717) is 6.54 Å². The van der Waals surface area contributed by atoms with E-state index in [0.717, 1.165) is 27.2 Å². The Hall–Kier alpha value is -0.740. The van der Waals surface area contributed by atoms with Crippen molar-refractivity contribution in [2.24, 2.45) is 5.73 Å². The standard InChI is InChI=1S/C13H14Cl2N2S/c1-17(8-10-5-6-12(15)18-10)13-9(7-16)3-2-4-11(13)14/h2-6H,7-8,16H2,1H3. The molecule has 2 rings (SSSR count). The van der Waals surface area contributed by atoms with Gasteiger partial charge in [-0.1, -0.05) is 35.3 Å². The van der Waals surface area contributed by atoms with Gasteiger partial charge in [0.2, 0.25) is 0 Å². The summed E-state index contributed by atoms with van der Waals surface area (Å²) in [5.74, 6) is 0. The number of hydrogen-bond acceptors (Lipinski definition) is 3. The number of nitrogens with two attached hydrogens (primary N) is 1. The van der Waals surface area contributed by atoms with Crippen molar-refractivity contribution in [2.75, 3.05) is 11.9 Å². The minimum Gasteiger partial charge on any atom is -0.368 e. The normalized spacial score (nSPS) is 10.7. The van der Waals surface area contributed by atoms with Crippen molar-refractivity contribution in [3.8, 4) is 0 Å². The Morgan fingerprint density at radius 2 is 2.00 bits per heavy atom. The second-order valence-corrected chi connectivity index (χ2v) is 6.22. The summed E-state index contributed by atoms with van der Waals surface area (Å²) >= 11 is 13.8. The fourth-order valence-electron chi connectivity index (χ4n) is 1.90. The van der Waals surface area contributed by atoms with Gasteiger partial charge in [0, 0.05) is 18.5 Å². The molecule has 0 aliphatic rings. The van der Waals surface area contributed by atoms with Crippen LogP contribution in [0.15, 0.2) is 30.3 Å². The number of benzene rings is 1. The monoisotopic (exact) mass is 300 g/mol. The highest BCUT2D eigenvalue weighted by atomic mass is 35.5. The molecule has 2 nitrogen and oxygen atoms in total. The number of nitrogens with zero attached hydrogens (tertiary/aromatic N) is 1. The average Bonchev–Trinajstić information content (AvgIpc) is 2.74. The van der Waals surface area contributed by atoms with Gasteiger partial charge in [-0.2, -0.15) is 0 Å². The zero-order valence-electron chi connectivity index (χ0n) is 9.99. The van der Waals surface area contributed by atoms with Gasteiger partial charge in [0.1, 0.15) is 0 Å². The molecular formula is C13H14Cl2N2S. The number of hydrogen-bond donors (Lipinski definition) is 1. The zero-order chi connectivity index (χ0) is 13.1. The maximum atomic E-state index is 6.25. The number of para-hydroxylation sites is 1. The predicted molar refractivity (Wildman–Crippen MR) is 80.8 cm³/mol. The van der Waals surface area contributed by atoms with Crippen molar-refractivity contribution in [3.05, 3.63) is 50.1 Å². The third kappa shape index (κ3) is 2.98. The minimum absolute atomic E-state index is 0.478. The van der Waals surface area contributed by atoms with Crippen molar-refractivity contribution in [1.29, 1.82) is 0 Å². The molecule has 0 spiro atoms. The van der Waals surface area contributed by atoms with E-state index in [4.69, 9.17) is 28.9 Å². The van der Waals surface area contributed by atoms with Crippen molar-refractivity contribution < 1.29 is 0 Å². The molecule has 0 aliphatic carbocycles. The first kappa shape index (κ1) is 13.7. The van der Waals surface area contributed by atoms with Gasteiger partial charge in [0.15, 0.2) is 0 Å². The van der Waals surface area contributed by atoms with Gasteiger partial charge in [-0.15, -0.1) is 11.3 Å². The van der Waals surface area contributed by atoms with Crippen LogP contribution >= 0.6 is 34.5 Å². The summed E-state index contributed by atoms with van der Waals surface area (Å²) in [7, 11) is 2.01. The topological polar surface area (TPSA) is 29.3 Å². The summed E-state index contributed by atoms with van der Waals surface area (Å²) < 4.78 is 0.802. The van der Waals surface area contributed by atoms with Crippen LogP contribution in [-0.4, -0.2) is 7.05 Å². The predicted octanol–water partition coefficient (Wildman–Crippen LogP) is 4.15. The van der Waals surface area contributed by atoms with Crippen LogP contribution in [0.5, 0.6) is 0 Å². The highest BCUT2D eigenvalue weighted by Crippen LogP contribution is 2.31. The largest absolute Gasteiger partial charge is 0.368 e. The van der Waals surface area contributed by atoms with Gasteiger partial charge in [0.25, 0.3) is 0 Å². The highest BCUT2D eigenvalue weighted by molar-refractivity contribution is 7.16. The lowest BCUT2D eigenvalue weighted by Gasteiger charge is -2.22. The molecule has 2 N–H and O–H groups in total. The lowest BCUT2D eigenvalue weighted by Crippen LogP contribution is -2.18. The summed E-state index contributed by atoms with van der Waals surface area (Å²) in [6.07, 6.45) is 0. The number of thiophene rings is 1. The van der Waals surface area contributed by atoms with Crippen LogP contribution in [0.2, 0.25) is 9.36 Å². The van der Waals surface area contributed by atoms with Crippen LogP contribution in [0.3, 0.4) is 0 Å².